The van der Waals surface area contributed by atoms with Crippen molar-refractivity contribution in [1.82, 2.24) is 10.2 Å². The van der Waals surface area contributed by atoms with Crippen LogP contribution in [0.2, 0.25) is 0 Å². The van der Waals surface area contributed by atoms with Crippen molar-refractivity contribution in [1.29, 1.82) is 0 Å². The number of nitrogens with one attached hydrogen (secondary N) is 1. The average molecular weight is 289 g/mol. The molecule has 0 saturated heterocycles. The highest BCUT2D eigenvalue weighted by atomic mass is 32.1. The number of carbonyl (C=O) groups excluding carboxylic acids is 2. The Bertz CT molecular complexity index is 671. The highest BCUT2D eigenvalue weighted by molar-refractivity contribution is 7.13. The van der Waals surface area contributed by atoms with Crippen molar-refractivity contribution in [3.05, 3.63) is 40.9 Å². The molecule has 2 heterocycles. The van der Waals surface area contributed by atoms with Crippen LogP contribution in [-0.4, -0.2) is 27.7 Å². The number of fused-ring (bicyclic) bond motifs is 1. The number of nitrogens with zero attached hydrogens (tertiary/aromatic N) is 2. The highest BCUT2D eigenvalue weighted by Crippen LogP contribution is 2.29. The monoisotopic (exact) mass is 289 g/mol. The predicted molar refractivity (Wildman–Crippen MR) is 72.5 cm³/mol. The lowest BCUT2D eigenvalue weighted by atomic mass is 9.89. The molecule has 0 aliphatic carbocycles. The molecular weight excluding hydrogens is 278 g/mol. The van der Waals surface area contributed by atoms with E-state index in [0.29, 0.717) is 17.1 Å². The number of benzene rings is 1. The molecule has 6 nitrogen and oxygen atoms in total. The number of hydrogen-bond donors (Lipinski definition) is 1. The Morgan fingerprint density at radius 1 is 1.45 bits per heavy atom. The van der Waals surface area contributed by atoms with E-state index in [1.807, 2.05) is 12.1 Å². The summed E-state index contributed by atoms with van der Waals surface area (Å²) < 4.78 is 5.32. The normalized spacial score (nSPS) is 20.9. The van der Waals surface area contributed by atoms with Gasteiger partial charge in [-0.1, -0.05) is 29.5 Å². The van der Waals surface area contributed by atoms with Crippen molar-refractivity contribution >= 4 is 28.3 Å². The van der Waals surface area contributed by atoms with Crippen LogP contribution >= 0.6 is 11.3 Å². The summed E-state index contributed by atoms with van der Waals surface area (Å²) in [6.45, 7) is 1.59. The molecule has 0 radical (unpaired) electrons. The molecule has 1 amide bonds. The molecule has 20 heavy (non-hydrogen) atoms. The van der Waals surface area contributed by atoms with Gasteiger partial charge in [-0.05, 0) is 18.6 Å². The zero-order valence-corrected chi connectivity index (χ0v) is 11.4. The minimum atomic E-state index is -1.24. The molecule has 1 aliphatic rings. The molecule has 0 unspecified atom stereocenters. The Morgan fingerprint density at radius 2 is 2.25 bits per heavy atom. The number of rotatable bonds is 2. The first-order valence-electron chi connectivity index (χ1n) is 5.97. The lowest BCUT2D eigenvalue weighted by Crippen LogP contribution is -2.48. The van der Waals surface area contributed by atoms with Gasteiger partial charge in [0.15, 0.2) is 5.60 Å². The first kappa shape index (κ1) is 12.7. The van der Waals surface area contributed by atoms with E-state index in [-0.39, 0.29) is 0 Å². The second-order valence-electron chi connectivity index (χ2n) is 4.65. The van der Waals surface area contributed by atoms with Gasteiger partial charge in [0.1, 0.15) is 5.51 Å². The summed E-state index contributed by atoms with van der Waals surface area (Å²) in [5.74, 6) is -0.890. The predicted octanol–water partition coefficient (Wildman–Crippen LogP) is 1.65. The van der Waals surface area contributed by atoms with E-state index in [1.54, 1.807) is 19.1 Å². The summed E-state index contributed by atoms with van der Waals surface area (Å²) in [5, 5.41) is 10.4. The van der Waals surface area contributed by atoms with E-state index in [9.17, 15) is 9.59 Å². The Labute approximate surface area is 118 Å². The Kier molecular flexibility index (Phi) is 2.98. The standard InChI is InChI=1S/C13H11N3O3S/c1-13(11(18)15-12-16-14-7-20-12)6-8-4-2-3-5-9(8)10(17)19-13/h2-5,7H,6H2,1H3,(H,15,16,18)/t13-/m0/s1. The van der Waals surface area contributed by atoms with Gasteiger partial charge >= 0.3 is 5.97 Å². The quantitative estimate of drug-likeness (QED) is 0.850. The lowest BCUT2D eigenvalue weighted by Gasteiger charge is -2.32. The van der Waals surface area contributed by atoms with E-state index in [4.69, 9.17) is 4.74 Å². The number of amides is 1. The van der Waals surface area contributed by atoms with Crippen molar-refractivity contribution in [2.45, 2.75) is 18.9 Å². The molecule has 0 spiro atoms. The van der Waals surface area contributed by atoms with Gasteiger partial charge in [0.2, 0.25) is 5.13 Å². The summed E-state index contributed by atoms with van der Waals surface area (Å²) in [6.07, 6.45) is 0.333. The van der Waals surface area contributed by atoms with Crippen molar-refractivity contribution < 1.29 is 14.3 Å². The van der Waals surface area contributed by atoms with Gasteiger partial charge in [0.25, 0.3) is 5.91 Å². The molecule has 1 N–H and O–H groups in total. The SMILES string of the molecule is C[C@@]1(C(=O)Nc2nncs2)Cc2ccccc2C(=O)O1. The van der Waals surface area contributed by atoms with E-state index in [0.717, 1.165) is 5.56 Å². The van der Waals surface area contributed by atoms with E-state index in [2.05, 4.69) is 15.5 Å². The first-order valence-corrected chi connectivity index (χ1v) is 6.85. The molecule has 102 valence electrons. The zero-order valence-electron chi connectivity index (χ0n) is 10.6. The summed E-state index contributed by atoms with van der Waals surface area (Å²) >= 11 is 1.21. The van der Waals surface area contributed by atoms with E-state index >= 15 is 0 Å². The molecular formula is C13H11N3O3S. The van der Waals surface area contributed by atoms with Crippen molar-refractivity contribution in [2.75, 3.05) is 5.32 Å². The first-order chi connectivity index (χ1) is 9.58. The molecule has 1 atom stereocenters. The van der Waals surface area contributed by atoms with Crippen LogP contribution in [0.3, 0.4) is 0 Å². The largest absolute Gasteiger partial charge is 0.445 e. The molecule has 0 saturated carbocycles. The average Bonchev–Trinajstić information content (AvgIpc) is 2.91. The minimum absolute atomic E-state index is 0.333. The van der Waals surface area contributed by atoms with Gasteiger partial charge < -0.3 is 4.74 Å². The smallest absolute Gasteiger partial charge is 0.339 e. The molecule has 1 aliphatic heterocycles. The number of ether oxygens (including phenoxy) is 1. The molecule has 7 heteroatoms. The number of hydrogen-bond acceptors (Lipinski definition) is 6. The highest BCUT2D eigenvalue weighted by Gasteiger charge is 2.42. The number of cyclic esters (lactones) is 1. The Balaban J connectivity index is 1.87. The van der Waals surface area contributed by atoms with Gasteiger partial charge in [0.05, 0.1) is 5.56 Å². The molecule has 0 bridgehead atoms. The lowest BCUT2D eigenvalue weighted by molar-refractivity contribution is -0.134. The summed E-state index contributed by atoms with van der Waals surface area (Å²) in [4.78, 5) is 24.3. The summed E-state index contributed by atoms with van der Waals surface area (Å²) in [5.41, 5.74) is 1.59. The minimum Gasteiger partial charge on any atom is -0.445 e. The Morgan fingerprint density at radius 3 is 3.00 bits per heavy atom. The fourth-order valence-electron chi connectivity index (χ4n) is 2.12. The van der Waals surface area contributed by atoms with Crippen LogP contribution < -0.4 is 5.32 Å². The van der Waals surface area contributed by atoms with Crippen LogP contribution in [0.25, 0.3) is 0 Å². The Hall–Kier alpha value is -2.28. The van der Waals surface area contributed by atoms with Crippen LogP contribution in [0.1, 0.15) is 22.8 Å². The van der Waals surface area contributed by atoms with Crippen LogP contribution in [0.4, 0.5) is 5.13 Å². The van der Waals surface area contributed by atoms with E-state index < -0.39 is 17.5 Å². The fraction of sp³-hybridized carbons (Fsp3) is 0.231. The topological polar surface area (TPSA) is 81.2 Å². The maximum absolute atomic E-state index is 12.3. The zero-order chi connectivity index (χ0) is 14.2. The number of carbonyl (C=O) groups is 2. The van der Waals surface area contributed by atoms with Crippen molar-refractivity contribution in [2.24, 2.45) is 0 Å². The summed E-state index contributed by atoms with van der Waals surface area (Å²) in [7, 11) is 0. The van der Waals surface area contributed by atoms with Crippen LogP contribution in [0.15, 0.2) is 29.8 Å². The van der Waals surface area contributed by atoms with Crippen LogP contribution in [0.5, 0.6) is 0 Å². The number of aromatic nitrogens is 2. The van der Waals surface area contributed by atoms with Crippen LogP contribution in [-0.2, 0) is 16.0 Å². The summed E-state index contributed by atoms with van der Waals surface area (Å²) in [6, 6.07) is 7.12. The second kappa shape index (κ2) is 4.68. The molecule has 1 aromatic carbocycles. The molecule has 0 fully saturated rings. The molecule has 1 aromatic heterocycles. The van der Waals surface area contributed by atoms with Gasteiger partial charge in [-0.2, -0.15) is 0 Å². The fourth-order valence-corrected chi connectivity index (χ4v) is 2.56. The third kappa shape index (κ3) is 2.16. The van der Waals surface area contributed by atoms with Gasteiger partial charge in [-0.3, -0.25) is 10.1 Å². The number of esters is 1. The maximum atomic E-state index is 12.3. The van der Waals surface area contributed by atoms with Gasteiger partial charge in [-0.25, -0.2) is 4.79 Å². The molecule has 2 aromatic rings. The molecule has 3 rings (SSSR count). The van der Waals surface area contributed by atoms with Crippen LogP contribution in [0, 0.1) is 0 Å². The third-order valence-corrected chi connectivity index (χ3v) is 3.75. The van der Waals surface area contributed by atoms with Crippen molar-refractivity contribution in [3.8, 4) is 0 Å². The number of anilines is 1. The maximum Gasteiger partial charge on any atom is 0.339 e. The van der Waals surface area contributed by atoms with Gasteiger partial charge in [-0.15, -0.1) is 10.2 Å². The third-order valence-electron chi connectivity index (χ3n) is 3.14. The van der Waals surface area contributed by atoms with Crippen molar-refractivity contribution in [3.63, 3.8) is 0 Å². The second-order valence-corrected chi connectivity index (χ2v) is 5.49. The van der Waals surface area contributed by atoms with E-state index in [1.165, 1.54) is 16.8 Å². The van der Waals surface area contributed by atoms with Gasteiger partial charge in [0, 0.05) is 6.42 Å².